The Kier molecular flexibility index (Phi) is 8.01. The summed E-state index contributed by atoms with van der Waals surface area (Å²) in [5.41, 5.74) is 0. The van der Waals surface area contributed by atoms with Gasteiger partial charge in [-0.2, -0.15) is 0 Å². The number of nitrogens with one attached hydrogen (secondary N) is 1. The van der Waals surface area contributed by atoms with Gasteiger partial charge in [-0.15, -0.1) is 0 Å². The number of nitrogens with zero attached hydrogens (tertiary/aromatic N) is 1. The average molecular weight is 256 g/mol. The van der Waals surface area contributed by atoms with Gasteiger partial charge in [-0.05, 0) is 44.7 Å². The molecule has 4 nitrogen and oxygen atoms in total. The highest BCUT2D eigenvalue weighted by molar-refractivity contribution is 5.76. The van der Waals surface area contributed by atoms with E-state index in [2.05, 4.69) is 17.1 Å². The Labute approximate surface area is 111 Å². The molecule has 1 amide bonds. The van der Waals surface area contributed by atoms with Crippen LogP contribution in [0.25, 0.3) is 0 Å². The largest absolute Gasteiger partial charge is 0.385 e. The lowest BCUT2D eigenvalue weighted by molar-refractivity contribution is -0.132. The normalized spacial score (nSPS) is 16.8. The fourth-order valence-corrected chi connectivity index (χ4v) is 2.49. The molecule has 0 unspecified atom stereocenters. The van der Waals surface area contributed by atoms with Gasteiger partial charge in [0.05, 0.1) is 0 Å². The molecule has 1 saturated heterocycles. The lowest BCUT2D eigenvalue weighted by Gasteiger charge is -2.30. The van der Waals surface area contributed by atoms with Gasteiger partial charge in [0.2, 0.25) is 5.91 Å². The van der Waals surface area contributed by atoms with Crippen molar-refractivity contribution < 1.29 is 9.53 Å². The molecule has 1 N–H and O–H groups in total. The summed E-state index contributed by atoms with van der Waals surface area (Å²) in [7, 11) is 1.68. The van der Waals surface area contributed by atoms with Crippen molar-refractivity contribution in [2.24, 2.45) is 5.92 Å². The Hall–Kier alpha value is -0.610. The first-order chi connectivity index (χ1) is 8.77. The summed E-state index contributed by atoms with van der Waals surface area (Å²) in [6.07, 6.45) is 4.90. The molecule has 1 aliphatic heterocycles. The Bertz CT molecular complexity index is 228. The van der Waals surface area contributed by atoms with Crippen LogP contribution in [0, 0.1) is 5.92 Å². The van der Waals surface area contributed by atoms with Gasteiger partial charge in [-0.1, -0.05) is 6.92 Å². The number of hydrogen-bond acceptors (Lipinski definition) is 3. The van der Waals surface area contributed by atoms with Gasteiger partial charge in [-0.3, -0.25) is 4.79 Å². The SMILES string of the molecule is CCCN(CC1CCNCC1)C(=O)CCCOC. The molecule has 1 heterocycles. The zero-order valence-electron chi connectivity index (χ0n) is 11.9. The Morgan fingerprint density at radius 3 is 2.72 bits per heavy atom. The van der Waals surface area contributed by atoms with Gasteiger partial charge in [-0.25, -0.2) is 0 Å². The summed E-state index contributed by atoms with van der Waals surface area (Å²) in [4.78, 5) is 14.2. The first-order valence-electron chi connectivity index (χ1n) is 7.25. The summed E-state index contributed by atoms with van der Waals surface area (Å²) in [5.74, 6) is 0.983. The number of amides is 1. The van der Waals surface area contributed by atoms with Crippen LogP contribution in [-0.4, -0.2) is 50.7 Å². The van der Waals surface area contributed by atoms with Crippen molar-refractivity contribution in [3.05, 3.63) is 0 Å². The van der Waals surface area contributed by atoms with Crippen molar-refractivity contribution in [2.45, 2.75) is 39.0 Å². The highest BCUT2D eigenvalue weighted by Crippen LogP contribution is 2.14. The molecule has 4 heteroatoms. The standard InChI is InChI=1S/C14H28N2O2/c1-3-10-16(14(17)5-4-11-18-2)12-13-6-8-15-9-7-13/h13,15H,3-12H2,1-2H3. The maximum Gasteiger partial charge on any atom is 0.222 e. The Balaban J connectivity index is 2.34. The lowest BCUT2D eigenvalue weighted by atomic mass is 9.97. The lowest BCUT2D eigenvalue weighted by Crippen LogP contribution is -2.39. The highest BCUT2D eigenvalue weighted by Gasteiger charge is 2.19. The first-order valence-corrected chi connectivity index (χ1v) is 7.25. The summed E-state index contributed by atoms with van der Waals surface area (Å²) in [5, 5.41) is 3.37. The van der Waals surface area contributed by atoms with E-state index in [9.17, 15) is 4.79 Å². The molecule has 0 bridgehead atoms. The van der Waals surface area contributed by atoms with Crippen LogP contribution in [0.5, 0.6) is 0 Å². The van der Waals surface area contributed by atoms with Crippen molar-refractivity contribution in [1.82, 2.24) is 10.2 Å². The zero-order valence-corrected chi connectivity index (χ0v) is 11.9. The van der Waals surface area contributed by atoms with Crippen molar-refractivity contribution in [2.75, 3.05) is 39.9 Å². The van der Waals surface area contributed by atoms with E-state index in [1.165, 1.54) is 12.8 Å². The van der Waals surface area contributed by atoms with Gasteiger partial charge in [0.15, 0.2) is 0 Å². The second-order valence-corrected chi connectivity index (χ2v) is 5.13. The topological polar surface area (TPSA) is 41.6 Å². The molecular formula is C14H28N2O2. The smallest absolute Gasteiger partial charge is 0.222 e. The van der Waals surface area contributed by atoms with Crippen molar-refractivity contribution in [1.29, 1.82) is 0 Å². The average Bonchev–Trinajstić information content (AvgIpc) is 2.39. The maximum atomic E-state index is 12.1. The third-order valence-electron chi connectivity index (χ3n) is 3.52. The number of piperidine rings is 1. The van der Waals surface area contributed by atoms with E-state index < -0.39 is 0 Å². The van der Waals surface area contributed by atoms with Gasteiger partial charge in [0, 0.05) is 33.2 Å². The Morgan fingerprint density at radius 1 is 1.39 bits per heavy atom. The molecule has 1 rings (SSSR count). The van der Waals surface area contributed by atoms with Crippen LogP contribution in [0.4, 0.5) is 0 Å². The van der Waals surface area contributed by atoms with Gasteiger partial charge in [0.1, 0.15) is 0 Å². The summed E-state index contributed by atoms with van der Waals surface area (Å²) in [6, 6.07) is 0. The van der Waals surface area contributed by atoms with Crippen LogP contribution in [0.15, 0.2) is 0 Å². The molecule has 106 valence electrons. The van der Waals surface area contributed by atoms with Crippen LogP contribution in [-0.2, 0) is 9.53 Å². The third-order valence-corrected chi connectivity index (χ3v) is 3.52. The fourth-order valence-electron chi connectivity index (χ4n) is 2.49. The molecule has 0 atom stereocenters. The minimum Gasteiger partial charge on any atom is -0.385 e. The number of methoxy groups -OCH3 is 1. The summed E-state index contributed by atoms with van der Waals surface area (Å²) >= 11 is 0. The quantitative estimate of drug-likeness (QED) is 0.671. The number of carbonyl (C=O) groups is 1. The molecule has 0 spiro atoms. The van der Waals surface area contributed by atoms with E-state index in [0.717, 1.165) is 39.0 Å². The predicted molar refractivity (Wildman–Crippen MR) is 73.6 cm³/mol. The number of carbonyl (C=O) groups excluding carboxylic acids is 1. The molecular weight excluding hydrogens is 228 g/mol. The second kappa shape index (κ2) is 9.34. The molecule has 0 aromatic rings. The maximum absolute atomic E-state index is 12.1. The summed E-state index contributed by atoms with van der Waals surface area (Å²) < 4.78 is 5.00. The number of rotatable bonds is 8. The fraction of sp³-hybridized carbons (Fsp3) is 0.929. The van der Waals surface area contributed by atoms with Crippen molar-refractivity contribution >= 4 is 5.91 Å². The highest BCUT2D eigenvalue weighted by atomic mass is 16.5. The van der Waals surface area contributed by atoms with E-state index in [1.54, 1.807) is 7.11 Å². The van der Waals surface area contributed by atoms with Crippen molar-refractivity contribution in [3.8, 4) is 0 Å². The molecule has 0 radical (unpaired) electrons. The van der Waals surface area contributed by atoms with Gasteiger partial charge in [0.25, 0.3) is 0 Å². The second-order valence-electron chi connectivity index (χ2n) is 5.13. The molecule has 18 heavy (non-hydrogen) atoms. The van der Waals surface area contributed by atoms with Crippen molar-refractivity contribution in [3.63, 3.8) is 0 Å². The number of hydrogen-bond donors (Lipinski definition) is 1. The van der Waals surface area contributed by atoms with Crippen LogP contribution in [0.1, 0.15) is 39.0 Å². The van der Waals surface area contributed by atoms with E-state index in [1.807, 2.05) is 0 Å². The van der Waals surface area contributed by atoms with E-state index in [0.29, 0.717) is 24.9 Å². The van der Waals surface area contributed by atoms with E-state index >= 15 is 0 Å². The van der Waals surface area contributed by atoms with Gasteiger partial charge >= 0.3 is 0 Å². The van der Waals surface area contributed by atoms with E-state index in [4.69, 9.17) is 4.74 Å². The van der Waals surface area contributed by atoms with Crippen LogP contribution in [0.3, 0.4) is 0 Å². The monoisotopic (exact) mass is 256 g/mol. The van der Waals surface area contributed by atoms with E-state index in [-0.39, 0.29) is 0 Å². The molecule has 0 aliphatic carbocycles. The number of ether oxygens (including phenoxy) is 1. The first kappa shape index (κ1) is 15.4. The zero-order chi connectivity index (χ0) is 13.2. The third kappa shape index (κ3) is 5.83. The molecule has 0 saturated carbocycles. The molecule has 1 fully saturated rings. The van der Waals surface area contributed by atoms with Crippen LogP contribution in [0.2, 0.25) is 0 Å². The minimum atomic E-state index is 0.299. The Morgan fingerprint density at radius 2 is 2.11 bits per heavy atom. The van der Waals surface area contributed by atoms with Crippen LogP contribution < -0.4 is 5.32 Å². The van der Waals surface area contributed by atoms with Crippen LogP contribution >= 0.6 is 0 Å². The minimum absolute atomic E-state index is 0.299. The van der Waals surface area contributed by atoms with Gasteiger partial charge < -0.3 is 15.0 Å². The molecule has 0 aromatic carbocycles. The molecule has 0 aromatic heterocycles. The summed E-state index contributed by atoms with van der Waals surface area (Å²) in [6.45, 7) is 6.86. The molecule has 1 aliphatic rings. The predicted octanol–water partition coefficient (Wildman–Crippen LogP) is 1.65.